The first-order chi connectivity index (χ1) is 20.5. The van der Waals surface area contributed by atoms with Crippen LogP contribution in [0, 0.1) is 5.82 Å². The van der Waals surface area contributed by atoms with Gasteiger partial charge in [0.05, 0.1) is 17.7 Å². The van der Waals surface area contributed by atoms with Gasteiger partial charge in [0.25, 0.3) is 15.6 Å². The molecular formula is C29H33ClFN7O4S. The first-order valence-corrected chi connectivity index (χ1v) is 15.7. The van der Waals surface area contributed by atoms with E-state index in [9.17, 15) is 13.2 Å². The molecule has 3 aromatic heterocycles. The molecule has 0 atom stereocenters. The third kappa shape index (κ3) is 6.43. The van der Waals surface area contributed by atoms with Crippen molar-refractivity contribution in [3.8, 4) is 17.0 Å². The minimum atomic E-state index is -4.23. The predicted octanol–water partition coefficient (Wildman–Crippen LogP) is 4.76. The fourth-order valence-corrected chi connectivity index (χ4v) is 6.81. The SMILES string of the molecule is CCn1c(=O)c(-c2cc(NS(=O)(=O)c3cc(Cl)cnc3OC)ccc2F)cc2cnc(N[C@H]3CC[C@H](N(C)C)CC3)nc21. The number of nitrogens with zero attached hydrogens (tertiary/aromatic N) is 5. The molecule has 0 bridgehead atoms. The number of anilines is 2. The van der Waals surface area contributed by atoms with E-state index in [-0.39, 0.29) is 45.2 Å². The van der Waals surface area contributed by atoms with E-state index in [2.05, 4.69) is 44.0 Å². The molecule has 5 rings (SSSR count). The average molecular weight is 630 g/mol. The van der Waals surface area contributed by atoms with Crippen molar-refractivity contribution in [3.05, 3.63) is 63.9 Å². The number of pyridine rings is 2. The number of methoxy groups -OCH3 is 1. The summed E-state index contributed by atoms with van der Waals surface area (Å²) in [5.74, 6) is -0.421. The third-order valence-corrected chi connectivity index (χ3v) is 9.26. The van der Waals surface area contributed by atoms with Crippen LogP contribution in [0.3, 0.4) is 0 Å². The molecule has 43 heavy (non-hydrogen) atoms. The second kappa shape index (κ2) is 12.4. The minimum Gasteiger partial charge on any atom is -0.480 e. The predicted molar refractivity (Wildman–Crippen MR) is 165 cm³/mol. The molecule has 3 heterocycles. The van der Waals surface area contributed by atoms with Crippen molar-refractivity contribution < 1.29 is 17.5 Å². The number of benzene rings is 1. The van der Waals surface area contributed by atoms with Gasteiger partial charge in [0.15, 0.2) is 4.90 Å². The summed E-state index contributed by atoms with van der Waals surface area (Å²) in [5.41, 5.74) is -0.0494. The highest BCUT2D eigenvalue weighted by molar-refractivity contribution is 7.92. The van der Waals surface area contributed by atoms with Crippen LogP contribution < -0.4 is 20.3 Å². The molecule has 0 radical (unpaired) electrons. The van der Waals surface area contributed by atoms with E-state index in [1.165, 1.54) is 42.1 Å². The number of fused-ring (bicyclic) bond motifs is 1. The van der Waals surface area contributed by atoms with Gasteiger partial charge in [-0.15, -0.1) is 0 Å². The van der Waals surface area contributed by atoms with Gasteiger partial charge in [-0.05, 0) is 77.0 Å². The molecule has 228 valence electrons. The number of hydrogen-bond acceptors (Lipinski definition) is 9. The van der Waals surface area contributed by atoms with Crippen molar-refractivity contribution in [3.63, 3.8) is 0 Å². The lowest BCUT2D eigenvalue weighted by atomic mass is 9.91. The Bertz CT molecular complexity index is 1830. The van der Waals surface area contributed by atoms with Crippen molar-refractivity contribution in [2.24, 2.45) is 0 Å². The molecule has 11 nitrogen and oxygen atoms in total. The Morgan fingerprint density at radius 1 is 1.09 bits per heavy atom. The number of halogens is 2. The van der Waals surface area contributed by atoms with Gasteiger partial charge in [-0.1, -0.05) is 11.6 Å². The fraction of sp³-hybridized carbons (Fsp3) is 0.379. The summed E-state index contributed by atoms with van der Waals surface area (Å²) in [6, 6.07) is 7.13. The summed E-state index contributed by atoms with van der Waals surface area (Å²) < 4.78 is 50.4. The summed E-state index contributed by atoms with van der Waals surface area (Å²) in [6.45, 7) is 2.08. The third-order valence-electron chi connectivity index (χ3n) is 7.68. The zero-order valence-electron chi connectivity index (χ0n) is 24.3. The Balaban J connectivity index is 1.47. The van der Waals surface area contributed by atoms with E-state index < -0.39 is 21.4 Å². The van der Waals surface area contributed by atoms with Crippen LogP contribution in [0.2, 0.25) is 5.02 Å². The van der Waals surface area contributed by atoms with E-state index in [0.29, 0.717) is 23.0 Å². The van der Waals surface area contributed by atoms with Crippen LogP contribution in [0.15, 0.2) is 52.4 Å². The number of aryl methyl sites for hydroxylation is 1. The Morgan fingerprint density at radius 2 is 1.84 bits per heavy atom. The molecule has 1 aromatic carbocycles. The summed E-state index contributed by atoms with van der Waals surface area (Å²) in [6.07, 6.45) is 6.99. The van der Waals surface area contributed by atoms with E-state index in [0.717, 1.165) is 31.7 Å². The van der Waals surface area contributed by atoms with Crippen molar-refractivity contribution in [2.45, 2.75) is 56.1 Å². The molecule has 0 saturated heterocycles. The highest BCUT2D eigenvalue weighted by Crippen LogP contribution is 2.30. The summed E-state index contributed by atoms with van der Waals surface area (Å²) in [7, 11) is 1.25. The van der Waals surface area contributed by atoms with E-state index in [1.54, 1.807) is 13.1 Å². The Labute approximate surface area is 254 Å². The molecular weight excluding hydrogens is 597 g/mol. The largest absolute Gasteiger partial charge is 0.480 e. The minimum absolute atomic E-state index is 0.0285. The maximum absolute atomic E-state index is 15.2. The highest BCUT2D eigenvalue weighted by atomic mass is 35.5. The van der Waals surface area contributed by atoms with Crippen LogP contribution in [-0.4, -0.2) is 66.1 Å². The van der Waals surface area contributed by atoms with Crippen LogP contribution in [0.4, 0.5) is 16.0 Å². The lowest BCUT2D eigenvalue weighted by molar-refractivity contribution is 0.221. The van der Waals surface area contributed by atoms with Gasteiger partial charge in [-0.25, -0.2) is 22.8 Å². The average Bonchev–Trinajstić information content (AvgIpc) is 2.98. The number of sulfonamides is 1. The topological polar surface area (TPSA) is 131 Å². The normalized spacial score (nSPS) is 17.3. The maximum Gasteiger partial charge on any atom is 0.267 e. The second-order valence-electron chi connectivity index (χ2n) is 10.7. The van der Waals surface area contributed by atoms with Gasteiger partial charge in [0, 0.05) is 47.7 Å². The van der Waals surface area contributed by atoms with Gasteiger partial charge in [0.2, 0.25) is 11.8 Å². The van der Waals surface area contributed by atoms with Gasteiger partial charge in [-0.3, -0.25) is 14.1 Å². The molecule has 1 saturated carbocycles. The Morgan fingerprint density at radius 3 is 2.51 bits per heavy atom. The smallest absolute Gasteiger partial charge is 0.267 e. The number of aromatic nitrogens is 4. The highest BCUT2D eigenvalue weighted by Gasteiger charge is 2.25. The standard InChI is InChI=1S/C29H33ClFN7O4S/c1-5-38-26-17(15-33-29(35-26)34-19-6-9-21(10-7-19)37(2)3)12-23(28(38)39)22-14-20(8-11-24(22)31)36-43(40,41)25-13-18(30)16-32-27(25)42-4/h8,11-16,19,21,36H,5-7,9-10H2,1-4H3,(H,33,34,35)/t19-,21-. The van der Waals surface area contributed by atoms with Gasteiger partial charge >= 0.3 is 0 Å². The molecule has 0 unspecified atom stereocenters. The number of ether oxygens (including phenoxy) is 1. The molecule has 2 N–H and O–H groups in total. The molecule has 1 fully saturated rings. The van der Waals surface area contributed by atoms with Crippen molar-refractivity contribution >= 4 is 44.3 Å². The van der Waals surface area contributed by atoms with Crippen LogP contribution in [0.1, 0.15) is 32.6 Å². The number of rotatable bonds is 9. The summed E-state index contributed by atoms with van der Waals surface area (Å²) in [4.78, 5) is 28.6. The lowest BCUT2D eigenvalue weighted by Crippen LogP contribution is -2.36. The van der Waals surface area contributed by atoms with Crippen LogP contribution in [0.25, 0.3) is 22.2 Å². The van der Waals surface area contributed by atoms with Crippen molar-refractivity contribution in [1.82, 2.24) is 24.4 Å². The molecule has 1 aliphatic carbocycles. The maximum atomic E-state index is 15.2. The molecule has 4 aromatic rings. The molecule has 14 heteroatoms. The Kier molecular flexibility index (Phi) is 8.86. The van der Waals surface area contributed by atoms with E-state index >= 15 is 4.39 Å². The molecule has 1 aliphatic rings. The Hall–Kier alpha value is -3.81. The van der Waals surface area contributed by atoms with Gasteiger partial charge < -0.3 is 15.0 Å². The first kappa shape index (κ1) is 30.6. The van der Waals surface area contributed by atoms with E-state index in [1.807, 2.05) is 0 Å². The number of hydrogen-bond donors (Lipinski definition) is 2. The molecule has 0 spiro atoms. The zero-order chi connectivity index (χ0) is 30.9. The number of nitrogens with one attached hydrogen (secondary N) is 2. The van der Waals surface area contributed by atoms with Crippen LogP contribution in [0.5, 0.6) is 5.88 Å². The fourth-order valence-electron chi connectivity index (χ4n) is 5.39. The van der Waals surface area contributed by atoms with Gasteiger partial charge in [-0.2, -0.15) is 4.98 Å². The van der Waals surface area contributed by atoms with E-state index in [4.69, 9.17) is 16.3 Å². The monoisotopic (exact) mass is 629 g/mol. The van der Waals surface area contributed by atoms with Crippen LogP contribution in [-0.2, 0) is 16.6 Å². The van der Waals surface area contributed by atoms with Crippen LogP contribution >= 0.6 is 11.6 Å². The molecule has 0 amide bonds. The summed E-state index contributed by atoms with van der Waals surface area (Å²) >= 11 is 5.96. The molecule has 0 aliphatic heterocycles. The summed E-state index contributed by atoms with van der Waals surface area (Å²) in [5, 5.41) is 4.04. The van der Waals surface area contributed by atoms with Gasteiger partial charge in [0.1, 0.15) is 11.5 Å². The van der Waals surface area contributed by atoms with Crippen molar-refractivity contribution in [2.75, 3.05) is 31.2 Å². The second-order valence-corrected chi connectivity index (χ2v) is 12.7. The lowest BCUT2D eigenvalue weighted by Gasteiger charge is -2.32. The van der Waals surface area contributed by atoms with Crippen molar-refractivity contribution in [1.29, 1.82) is 0 Å². The first-order valence-electron chi connectivity index (χ1n) is 13.9. The zero-order valence-corrected chi connectivity index (χ0v) is 25.8. The quantitative estimate of drug-likeness (QED) is 0.269.